The minimum atomic E-state index is 0.0337. The first-order chi connectivity index (χ1) is 8.68. The number of hydrogen-bond acceptors (Lipinski definition) is 2. The largest absolute Gasteiger partial charge is 0.338 e. The third-order valence-corrected chi connectivity index (χ3v) is 4.49. The number of carbonyl (C=O) groups is 1. The fourth-order valence-corrected chi connectivity index (χ4v) is 2.97. The van der Waals surface area contributed by atoms with E-state index in [2.05, 4.69) is 0 Å². The maximum absolute atomic E-state index is 11.9. The molecule has 1 aromatic rings. The van der Waals surface area contributed by atoms with Crippen molar-refractivity contribution in [3.8, 4) is 0 Å². The Labute approximate surface area is 121 Å². The van der Waals surface area contributed by atoms with Crippen LogP contribution in [0.5, 0.6) is 0 Å². The van der Waals surface area contributed by atoms with Crippen molar-refractivity contribution in [1.29, 1.82) is 0 Å². The Morgan fingerprint density at radius 1 is 1.28 bits per heavy atom. The standard InChI is InChI=1S/C13H13Cl2NOS/c14-11-3-1-2-10(13(11)15)4-5-12(17)16-6-8-18-9-7-16/h1-5H,6-9H2. The van der Waals surface area contributed by atoms with Crippen molar-refractivity contribution in [1.82, 2.24) is 4.90 Å². The van der Waals surface area contributed by atoms with Crippen LogP contribution in [0.25, 0.3) is 6.08 Å². The van der Waals surface area contributed by atoms with Crippen molar-refractivity contribution < 1.29 is 4.79 Å². The highest BCUT2D eigenvalue weighted by molar-refractivity contribution is 7.99. The highest BCUT2D eigenvalue weighted by atomic mass is 35.5. The van der Waals surface area contributed by atoms with Crippen LogP contribution in [-0.4, -0.2) is 35.4 Å². The van der Waals surface area contributed by atoms with Gasteiger partial charge in [-0.15, -0.1) is 0 Å². The number of carbonyl (C=O) groups excluding carboxylic acids is 1. The van der Waals surface area contributed by atoms with E-state index in [1.807, 2.05) is 28.8 Å². The Morgan fingerprint density at radius 2 is 2.00 bits per heavy atom. The number of benzene rings is 1. The maximum atomic E-state index is 11.9. The molecule has 1 saturated heterocycles. The van der Waals surface area contributed by atoms with Crippen LogP contribution in [0.15, 0.2) is 24.3 Å². The number of amides is 1. The number of hydrogen-bond donors (Lipinski definition) is 0. The Hall–Kier alpha value is -0.640. The summed E-state index contributed by atoms with van der Waals surface area (Å²) in [6, 6.07) is 5.38. The number of thioether (sulfide) groups is 1. The molecule has 1 fully saturated rings. The molecule has 1 aliphatic rings. The summed E-state index contributed by atoms with van der Waals surface area (Å²) in [7, 11) is 0. The first-order valence-corrected chi connectivity index (χ1v) is 7.58. The quantitative estimate of drug-likeness (QED) is 0.778. The molecule has 2 rings (SSSR count). The lowest BCUT2D eigenvalue weighted by atomic mass is 10.2. The summed E-state index contributed by atoms with van der Waals surface area (Å²) >= 11 is 13.8. The summed E-state index contributed by atoms with van der Waals surface area (Å²) in [5.74, 6) is 2.06. The highest BCUT2D eigenvalue weighted by Gasteiger charge is 2.14. The lowest BCUT2D eigenvalue weighted by Crippen LogP contribution is -2.36. The highest BCUT2D eigenvalue weighted by Crippen LogP contribution is 2.26. The monoisotopic (exact) mass is 301 g/mol. The van der Waals surface area contributed by atoms with Crippen LogP contribution in [0.1, 0.15) is 5.56 Å². The van der Waals surface area contributed by atoms with Gasteiger partial charge in [-0.1, -0.05) is 35.3 Å². The van der Waals surface area contributed by atoms with Crippen LogP contribution in [0.4, 0.5) is 0 Å². The van der Waals surface area contributed by atoms with Crippen molar-refractivity contribution in [2.45, 2.75) is 0 Å². The van der Waals surface area contributed by atoms with Gasteiger partial charge in [0.15, 0.2) is 0 Å². The van der Waals surface area contributed by atoms with Gasteiger partial charge in [0, 0.05) is 30.7 Å². The summed E-state index contributed by atoms with van der Waals surface area (Å²) < 4.78 is 0. The molecule has 1 amide bonds. The molecule has 0 aromatic heterocycles. The molecule has 96 valence electrons. The van der Waals surface area contributed by atoms with Gasteiger partial charge >= 0.3 is 0 Å². The van der Waals surface area contributed by atoms with Gasteiger partial charge in [0.05, 0.1) is 10.0 Å². The molecule has 0 unspecified atom stereocenters. The maximum Gasteiger partial charge on any atom is 0.246 e. The zero-order valence-electron chi connectivity index (χ0n) is 9.73. The molecule has 0 N–H and O–H groups in total. The summed E-state index contributed by atoms with van der Waals surface area (Å²) in [6.45, 7) is 1.63. The lowest BCUT2D eigenvalue weighted by molar-refractivity contribution is -0.125. The van der Waals surface area contributed by atoms with E-state index < -0.39 is 0 Å². The number of rotatable bonds is 2. The average Bonchev–Trinajstić information content (AvgIpc) is 2.41. The van der Waals surface area contributed by atoms with Gasteiger partial charge in [-0.05, 0) is 17.7 Å². The Morgan fingerprint density at radius 3 is 2.72 bits per heavy atom. The van der Waals surface area contributed by atoms with Crippen molar-refractivity contribution in [3.05, 3.63) is 39.9 Å². The first kappa shape index (κ1) is 13.8. The van der Waals surface area contributed by atoms with E-state index in [-0.39, 0.29) is 5.91 Å². The van der Waals surface area contributed by atoms with E-state index in [1.165, 1.54) is 0 Å². The molecule has 2 nitrogen and oxygen atoms in total. The molecule has 1 aromatic carbocycles. The normalized spacial score (nSPS) is 16.2. The molecule has 0 spiro atoms. The zero-order valence-corrected chi connectivity index (χ0v) is 12.1. The summed E-state index contributed by atoms with van der Waals surface area (Å²) in [5, 5.41) is 0.984. The van der Waals surface area contributed by atoms with E-state index in [9.17, 15) is 4.79 Å². The average molecular weight is 302 g/mol. The molecule has 18 heavy (non-hydrogen) atoms. The summed E-state index contributed by atoms with van der Waals surface area (Å²) in [6.07, 6.45) is 3.28. The van der Waals surface area contributed by atoms with Crippen LogP contribution in [0.3, 0.4) is 0 Å². The van der Waals surface area contributed by atoms with Gasteiger partial charge in [-0.25, -0.2) is 0 Å². The molecular formula is C13H13Cl2NOS. The third-order valence-electron chi connectivity index (χ3n) is 2.71. The molecule has 0 atom stereocenters. The zero-order chi connectivity index (χ0) is 13.0. The van der Waals surface area contributed by atoms with Crippen LogP contribution >= 0.6 is 35.0 Å². The van der Waals surface area contributed by atoms with Crippen LogP contribution in [0, 0.1) is 0 Å². The Balaban J connectivity index is 2.05. The topological polar surface area (TPSA) is 20.3 Å². The molecule has 1 aliphatic heterocycles. The molecule has 0 bridgehead atoms. The fourth-order valence-electron chi connectivity index (χ4n) is 1.70. The smallest absolute Gasteiger partial charge is 0.246 e. The van der Waals surface area contributed by atoms with Gasteiger partial charge in [0.1, 0.15) is 0 Å². The second-order valence-corrected chi connectivity index (χ2v) is 5.92. The van der Waals surface area contributed by atoms with E-state index in [4.69, 9.17) is 23.2 Å². The minimum absolute atomic E-state index is 0.0337. The van der Waals surface area contributed by atoms with Crippen LogP contribution in [-0.2, 0) is 4.79 Å². The number of halogens is 2. The molecular weight excluding hydrogens is 289 g/mol. The van der Waals surface area contributed by atoms with Gasteiger partial charge in [-0.2, -0.15) is 11.8 Å². The molecule has 0 aliphatic carbocycles. The van der Waals surface area contributed by atoms with Crippen molar-refractivity contribution >= 4 is 46.9 Å². The van der Waals surface area contributed by atoms with Crippen LogP contribution in [0.2, 0.25) is 10.0 Å². The van der Waals surface area contributed by atoms with Crippen molar-refractivity contribution in [2.24, 2.45) is 0 Å². The predicted octanol–water partition coefficient (Wildman–Crippen LogP) is 3.58. The van der Waals surface area contributed by atoms with Crippen molar-refractivity contribution in [3.63, 3.8) is 0 Å². The second-order valence-electron chi connectivity index (χ2n) is 3.91. The van der Waals surface area contributed by atoms with E-state index in [0.717, 1.165) is 30.2 Å². The first-order valence-electron chi connectivity index (χ1n) is 5.67. The fraction of sp³-hybridized carbons (Fsp3) is 0.308. The van der Waals surface area contributed by atoms with Gasteiger partial charge < -0.3 is 4.90 Å². The third kappa shape index (κ3) is 3.44. The van der Waals surface area contributed by atoms with E-state index in [0.29, 0.717) is 10.0 Å². The molecule has 0 saturated carbocycles. The molecule has 5 heteroatoms. The molecule has 1 heterocycles. The summed E-state index contributed by atoms with van der Waals surface area (Å²) in [4.78, 5) is 13.8. The molecule has 0 radical (unpaired) electrons. The Bertz CT molecular complexity index is 470. The van der Waals surface area contributed by atoms with E-state index >= 15 is 0 Å². The second kappa shape index (κ2) is 6.50. The van der Waals surface area contributed by atoms with Crippen molar-refractivity contribution in [2.75, 3.05) is 24.6 Å². The van der Waals surface area contributed by atoms with Gasteiger partial charge in [0.2, 0.25) is 5.91 Å². The van der Waals surface area contributed by atoms with Crippen LogP contribution < -0.4 is 0 Å². The lowest BCUT2D eigenvalue weighted by Gasteiger charge is -2.25. The SMILES string of the molecule is O=C(C=Cc1cccc(Cl)c1Cl)N1CCSCC1. The Kier molecular flexibility index (Phi) is 4.98. The van der Waals surface area contributed by atoms with Gasteiger partial charge in [-0.3, -0.25) is 4.79 Å². The minimum Gasteiger partial charge on any atom is -0.338 e. The summed E-state index contributed by atoms with van der Waals surface area (Å²) in [5.41, 5.74) is 0.768. The van der Waals surface area contributed by atoms with Gasteiger partial charge in [0.25, 0.3) is 0 Å². The number of nitrogens with zero attached hydrogens (tertiary/aromatic N) is 1. The predicted molar refractivity (Wildman–Crippen MR) is 79.4 cm³/mol. The van der Waals surface area contributed by atoms with E-state index in [1.54, 1.807) is 18.2 Å².